The van der Waals surface area contributed by atoms with E-state index in [2.05, 4.69) is 29.5 Å². The van der Waals surface area contributed by atoms with Crippen molar-refractivity contribution in [3.63, 3.8) is 0 Å². The molecule has 0 radical (unpaired) electrons. The van der Waals surface area contributed by atoms with Gasteiger partial charge in [0.2, 0.25) is 0 Å². The highest BCUT2D eigenvalue weighted by molar-refractivity contribution is 6.26. The summed E-state index contributed by atoms with van der Waals surface area (Å²) in [5, 5.41) is 1.15. The van der Waals surface area contributed by atoms with Crippen LogP contribution < -0.4 is 0 Å². The minimum atomic E-state index is 0.517. The molecule has 0 atom stereocenters. The minimum absolute atomic E-state index is 0.517. The highest BCUT2D eigenvalue weighted by atomic mass is 14.4. The van der Waals surface area contributed by atoms with Crippen LogP contribution in [0.3, 0.4) is 0 Å². The zero-order valence-electron chi connectivity index (χ0n) is 7.83. The van der Waals surface area contributed by atoms with Crippen molar-refractivity contribution in [2.45, 2.75) is 50.2 Å². The molecule has 0 N–H and O–H groups in total. The largest absolute Gasteiger partial charge is 0.109 e. The van der Waals surface area contributed by atoms with E-state index in [9.17, 15) is 0 Å². The molecule has 1 saturated carbocycles. The zero-order chi connectivity index (χ0) is 7.83. The van der Waals surface area contributed by atoms with Crippen molar-refractivity contribution in [3.8, 4) is 0 Å². The molecule has 1 fully saturated rings. The average Bonchev–Trinajstić information content (AvgIpc) is 2.13. The molecule has 1 rings (SSSR count). The van der Waals surface area contributed by atoms with Gasteiger partial charge in [-0.3, -0.25) is 0 Å². The number of hydrogen-bond acceptors (Lipinski definition) is 0. The van der Waals surface area contributed by atoms with Crippen LogP contribution >= 0.6 is 0 Å². The summed E-state index contributed by atoms with van der Waals surface area (Å²) in [6.07, 6.45) is 5.79. The second kappa shape index (κ2) is 2.32. The Morgan fingerprint density at radius 2 is 1.60 bits per heavy atom. The molecule has 0 saturated heterocycles. The topological polar surface area (TPSA) is 0 Å². The first kappa shape index (κ1) is 8.23. The summed E-state index contributed by atoms with van der Waals surface area (Å²) in [5.74, 6) is 0. The van der Waals surface area contributed by atoms with Crippen LogP contribution in [0.2, 0.25) is 10.6 Å². The first-order chi connectivity index (χ1) is 4.46. The van der Waals surface area contributed by atoms with E-state index in [1.54, 1.807) is 0 Å². The standard InChI is InChI=1S/C8H18B2/c1-7(2,9)8(10)5-3-4-6-8/h3-6,9-10H2,1-2H3. The van der Waals surface area contributed by atoms with Crippen molar-refractivity contribution < 1.29 is 0 Å². The van der Waals surface area contributed by atoms with Crippen LogP contribution in [-0.4, -0.2) is 15.7 Å². The van der Waals surface area contributed by atoms with E-state index in [0.29, 0.717) is 10.6 Å². The van der Waals surface area contributed by atoms with Gasteiger partial charge in [0.1, 0.15) is 15.7 Å². The van der Waals surface area contributed by atoms with Gasteiger partial charge in [-0.05, 0) is 0 Å². The first-order valence-corrected chi connectivity index (χ1v) is 4.46. The lowest BCUT2D eigenvalue weighted by Crippen LogP contribution is -2.23. The molecule has 1 aliphatic carbocycles. The quantitative estimate of drug-likeness (QED) is 0.474. The zero-order valence-corrected chi connectivity index (χ0v) is 7.83. The van der Waals surface area contributed by atoms with Crippen LogP contribution in [-0.2, 0) is 0 Å². The van der Waals surface area contributed by atoms with Gasteiger partial charge in [-0.2, -0.15) is 0 Å². The van der Waals surface area contributed by atoms with Crippen LogP contribution in [0.5, 0.6) is 0 Å². The van der Waals surface area contributed by atoms with Gasteiger partial charge < -0.3 is 0 Å². The first-order valence-electron chi connectivity index (χ1n) is 4.46. The fraction of sp³-hybridized carbons (Fsp3) is 1.00. The van der Waals surface area contributed by atoms with Crippen LogP contribution in [0.25, 0.3) is 0 Å². The van der Waals surface area contributed by atoms with E-state index in [-0.39, 0.29) is 0 Å². The van der Waals surface area contributed by atoms with Crippen LogP contribution in [0.15, 0.2) is 0 Å². The van der Waals surface area contributed by atoms with Gasteiger partial charge >= 0.3 is 0 Å². The Kier molecular flexibility index (Phi) is 1.91. The normalized spacial score (nSPS) is 25.0. The maximum atomic E-state index is 2.44. The summed E-state index contributed by atoms with van der Waals surface area (Å²) in [4.78, 5) is 0. The summed E-state index contributed by atoms with van der Waals surface area (Å²) in [6, 6.07) is 0. The summed E-state index contributed by atoms with van der Waals surface area (Å²) in [5.41, 5.74) is 0. The number of hydrogen-bond donors (Lipinski definition) is 0. The van der Waals surface area contributed by atoms with E-state index in [1.807, 2.05) is 0 Å². The molecule has 0 amide bonds. The Hall–Kier alpha value is 0.130. The molecule has 0 heterocycles. The summed E-state index contributed by atoms with van der Waals surface area (Å²) in [7, 11) is 4.82. The van der Waals surface area contributed by atoms with Crippen molar-refractivity contribution in [2.24, 2.45) is 0 Å². The third kappa shape index (κ3) is 1.26. The van der Waals surface area contributed by atoms with E-state index in [1.165, 1.54) is 25.7 Å². The lowest BCUT2D eigenvalue weighted by atomic mass is 9.45. The molecule has 10 heavy (non-hydrogen) atoms. The maximum Gasteiger partial charge on any atom is 0.109 e. The Morgan fingerprint density at radius 1 is 1.20 bits per heavy atom. The smallest absolute Gasteiger partial charge is 0.0674 e. The Morgan fingerprint density at radius 3 is 1.80 bits per heavy atom. The molecule has 2 heteroatoms. The van der Waals surface area contributed by atoms with Crippen molar-refractivity contribution in [2.75, 3.05) is 0 Å². The molecule has 0 aromatic heterocycles. The summed E-state index contributed by atoms with van der Waals surface area (Å²) < 4.78 is 0. The highest BCUT2D eigenvalue weighted by Gasteiger charge is 2.38. The summed E-state index contributed by atoms with van der Waals surface area (Å²) >= 11 is 0. The maximum absolute atomic E-state index is 2.44. The van der Waals surface area contributed by atoms with Crippen LogP contribution in [0.1, 0.15) is 39.5 Å². The van der Waals surface area contributed by atoms with Gasteiger partial charge in [-0.15, -0.1) is 0 Å². The summed E-state index contributed by atoms with van der Waals surface area (Å²) in [6.45, 7) is 4.75. The fourth-order valence-electron chi connectivity index (χ4n) is 1.91. The second-order valence-electron chi connectivity index (χ2n) is 5.02. The van der Waals surface area contributed by atoms with Crippen molar-refractivity contribution >= 4 is 15.7 Å². The van der Waals surface area contributed by atoms with E-state index >= 15 is 0 Å². The third-order valence-electron chi connectivity index (χ3n) is 3.52. The molecule has 56 valence electrons. The predicted octanol–water partition coefficient (Wildman–Crippen LogP) is 1.18. The third-order valence-corrected chi connectivity index (χ3v) is 3.52. The van der Waals surface area contributed by atoms with Crippen LogP contribution in [0.4, 0.5) is 0 Å². The van der Waals surface area contributed by atoms with Crippen molar-refractivity contribution in [1.82, 2.24) is 0 Å². The lowest BCUT2D eigenvalue weighted by molar-refractivity contribution is 0.441. The molecular weight excluding hydrogens is 118 g/mol. The molecule has 0 bridgehead atoms. The molecule has 0 aliphatic heterocycles. The van der Waals surface area contributed by atoms with Gasteiger partial charge in [-0.1, -0.05) is 50.2 Å². The average molecular weight is 136 g/mol. The minimum Gasteiger partial charge on any atom is -0.0674 e. The molecule has 0 unspecified atom stereocenters. The predicted molar refractivity (Wildman–Crippen MR) is 52.3 cm³/mol. The monoisotopic (exact) mass is 136 g/mol. The van der Waals surface area contributed by atoms with Gasteiger partial charge in [0.05, 0.1) is 0 Å². The van der Waals surface area contributed by atoms with Crippen LogP contribution in [0, 0.1) is 0 Å². The Labute approximate surface area is 66.6 Å². The van der Waals surface area contributed by atoms with E-state index in [4.69, 9.17) is 0 Å². The lowest BCUT2D eigenvalue weighted by Gasteiger charge is -2.39. The fourth-order valence-corrected chi connectivity index (χ4v) is 1.91. The highest BCUT2D eigenvalue weighted by Crippen LogP contribution is 2.57. The van der Waals surface area contributed by atoms with E-state index in [0.717, 1.165) is 0 Å². The van der Waals surface area contributed by atoms with Gasteiger partial charge in [0, 0.05) is 0 Å². The molecule has 0 aromatic carbocycles. The molecule has 0 nitrogen and oxygen atoms in total. The molecule has 0 spiro atoms. The van der Waals surface area contributed by atoms with Gasteiger partial charge in [-0.25, -0.2) is 0 Å². The van der Waals surface area contributed by atoms with Gasteiger partial charge in [0.15, 0.2) is 0 Å². The molecule has 0 aromatic rings. The molecule has 1 aliphatic rings. The SMILES string of the molecule is BC(C)(C)C1(B)CCCC1. The molecular formula is C8H18B2. The Bertz CT molecular complexity index is 118. The Balaban J connectivity index is 2.67. The number of rotatable bonds is 1. The second-order valence-corrected chi connectivity index (χ2v) is 5.02. The van der Waals surface area contributed by atoms with Gasteiger partial charge in [0.25, 0.3) is 0 Å². The van der Waals surface area contributed by atoms with Crippen molar-refractivity contribution in [3.05, 3.63) is 0 Å². The van der Waals surface area contributed by atoms with Crippen molar-refractivity contribution in [1.29, 1.82) is 0 Å². The van der Waals surface area contributed by atoms with E-state index < -0.39 is 0 Å².